The van der Waals surface area contributed by atoms with Gasteiger partial charge in [0.05, 0.1) is 13.7 Å². The fraction of sp³-hybridized carbons (Fsp3) is 0.400. The molecule has 1 aromatic carbocycles. The Labute approximate surface area is 140 Å². The predicted octanol–water partition coefficient (Wildman–Crippen LogP) is 0.163. The Morgan fingerprint density at radius 3 is 2.54 bits per heavy atom. The summed E-state index contributed by atoms with van der Waals surface area (Å²) in [6.07, 6.45) is 0.377. The Hall–Kier alpha value is -2.26. The van der Waals surface area contributed by atoms with E-state index in [2.05, 4.69) is 14.9 Å². The van der Waals surface area contributed by atoms with Crippen LogP contribution in [0.15, 0.2) is 35.5 Å². The van der Waals surface area contributed by atoms with Crippen LogP contribution in [0.2, 0.25) is 0 Å². The summed E-state index contributed by atoms with van der Waals surface area (Å²) in [6.45, 7) is 1.84. The molecule has 24 heavy (non-hydrogen) atoms. The molecular formula is C15H20N4O4S. The summed E-state index contributed by atoms with van der Waals surface area (Å²) in [6, 6.07) is 9.31. The third-order valence-corrected chi connectivity index (χ3v) is 5.53. The Morgan fingerprint density at radius 1 is 1.29 bits per heavy atom. The first kappa shape index (κ1) is 18.1. The molecule has 0 amide bonds. The summed E-state index contributed by atoms with van der Waals surface area (Å²) >= 11 is 0. The number of nitrogens with zero attached hydrogens (tertiary/aromatic N) is 3. The summed E-state index contributed by atoms with van der Waals surface area (Å²) < 4.78 is 31.4. The van der Waals surface area contributed by atoms with Gasteiger partial charge in [-0.1, -0.05) is 30.3 Å². The molecule has 8 nitrogen and oxygen atoms in total. The summed E-state index contributed by atoms with van der Waals surface area (Å²) in [5, 5.41) is 6.11. The fourth-order valence-electron chi connectivity index (χ4n) is 2.22. The van der Waals surface area contributed by atoms with Gasteiger partial charge in [0, 0.05) is 6.42 Å². The van der Waals surface area contributed by atoms with Crippen molar-refractivity contribution in [3.05, 3.63) is 41.7 Å². The number of sulfone groups is 1. The second-order valence-electron chi connectivity index (χ2n) is 5.22. The molecule has 0 aliphatic rings. The molecule has 0 spiro atoms. The molecule has 1 unspecified atom stereocenters. The van der Waals surface area contributed by atoms with E-state index in [4.69, 9.17) is 5.73 Å². The van der Waals surface area contributed by atoms with Crippen molar-refractivity contribution in [2.75, 3.05) is 13.7 Å². The van der Waals surface area contributed by atoms with E-state index in [1.807, 2.05) is 30.3 Å². The molecule has 2 aromatic rings. The number of esters is 1. The minimum Gasteiger partial charge on any atom is -0.468 e. The topological polar surface area (TPSA) is 117 Å². The number of ether oxygens (including phenoxy) is 1. The van der Waals surface area contributed by atoms with Crippen molar-refractivity contribution >= 4 is 15.8 Å². The van der Waals surface area contributed by atoms with Gasteiger partial charge in [-0.3, -0.25) is 9.36 Å². The number of aromatic nitrogens is 3. The van der Waals surface area contributed by atoms with Crippen LogP contribution in [0.25, 0.3) is 0 Å². The van der Waals surface area contributed by atoms with E-state index in [1.54, 1.807) is 0 Å². The fourth-order valence-corrected chi connectivity index (χ4v) is 3.52. The van der Waals surface area contributed by atoms with Crippen LogP contribution in [0.4, 0.5) is 0 Å². The molecule has 1 heterocycles. The molecule has 130 valence electrons. The van der Waals surface area contributed by atoms with Crippen LogP contribution in [0, 0.1) is 0 Å². The Bertz CT molecular complexity index is 802. The van der Waals surface area contributed by atoms with E-state index in [-0.39, 0.29) is 11.7 Å². The van der Waals surface area contributed by atoms with Gasteiger partial charge in [-0.2, -0.15) is 0 Å². The molecular weight excluding hydrogens is 332 g/mol. The molecule has 0 radical (unpaired) electrons. The zero-order chi connectivity index (χ0) is 17.7. The first-order valence-electron chi connectivity index (χ1n) is 7.39. The average Bonchev–Trinajstić information content (AvgIpc) is 2.98. The van der Waals surface area contributed by atoms with Gasteiger partial charge >= 0.3 is 5.97 Å². The maximum Gasteiger partial charge on any atom is 0.324 e. The zero-order valence-electron chi connectivity index (χ0n) is 13.5. The van der Waals surface area contributed by atoms with Crippen LogP contribution in [0.3, 0.4) is 0 Å². The van der Waals surface area contributed by atoms with Crippen LogP contribution in [0.5, 0.6) is 0 Å². The van der Waals surface area contributed by atoms with Gasteiger partial charge in [-0.15, -0.1) is 10.2 Å². The van der Waals surface area contributed by atoms with Crippen LogP contribution < -0.4 is 5.73 Å². The van der Waals surface area contributed by atoms with Crippen LogP contribution >= 0.6 is 0 Å². The number of nitrogens with two attached hydrogens (primary N) is 1. The molecule has 0 saturated carbocycles. The molecule has 0 saturated heterocycles. The lowest BCUT2D eigenvalue weighted by molar-refractivity contribution is -0.139. The molecule has 1 aromatic heterocycles. The van der Waals surface area contributed by atoms with Gasteiger partial charge in [0.25, 0.3) is 5.16 Å². The van der Waals surface area contributed by atoms with Crippen LogP contribution in [-0.2, 0) is 32.3 Å². The molecule has 0 aliphatic heterocycles. The van der Waals surface area contributed by atoms with Crippen molar-refractivity contribution in [3.63, 3.8) is 0 Å². The van der Waals surface area contributed by atoms with Crippen molar-refractivity contribution in [2.24, 2.45) is 5.73 Å². The third-order valence-electron chi connectivity index (χ3n) is 3.60. The van der Waals surface area contributed by atoms with Crippen molar-refractivity contribution in [2.45, 2.75) is 30.3 Å². The number of hydrogen-bond acceptors (Lipinski definition) is 7. The maximum absolute atomic E-state index is 12.7. The quantitative estimate of drug-likeness (QED) is 0.705. The first-order chi connectivity index (χ1) is 11.4. The van der Waals surface area contributed by atoms with Crippen molar-refractivity contribution in [1.29, 1.82) is 0 Å². The third kappa shape index (κ3) is 3.62. The standard InChI is InChI=1S/C15H20N4O4S/c1-11(14(20)23-2)24(21,22)15-18-17-13(8-9-16)19(15)10-12-6-4-3-5-7-12/h3-7,11H,8-10,16H2,1-2H3. The number of methoxy groups -OCH3 is 1. The van der Waals surface area contributed by atoms with Gasteiger partial charge in [0.1, 0.15) is 5.82 Å². The van der Waals surface area contributed by atoms with Crippen LogP contribution in [0.1, 0.15) is 18.3 Å². The van der Waals surface area contributed by atoms with E-state index in [1.165, 1.54) is 11.5 Å². The summed E-state index contributed by atoms with van der Waals surface area (Å²) in [7, 11) is -2.88. The molecule has 2 rings (SSSR count). The lowest BCUT2D eigenvalue weighted by Crippen LogP contribution is -2.31. The van der Waals surface area contributed by atoms with E-state index in [0.29, 0.717) is 18.8 Å². The minimum absolute atomic E-state index is 0.257. The van der Waals surface area contributed by atoms with Crippen molar-refractivity contribution in [3.8, 4) is 0 Å². The van der Waals surface area contributed by atoms with Gasteiger partial charge in [-0.05, 0) is 19.0 Å². The smallest absolute Gasteiger partial charge is 0.324 e. The molecule has 9 heteroatoms. The number of rotatable bonds is 7. The molecule has 2 N–H and O–H groups in total. The molecule has 0 fully saturated rings. The monoisotopic (exact) mass is 352 g/mol. The molecule has 1 atom stereocenters. The second-order valence-corrected chi connectivity index (χ2v) is 7.38. The maximum atomic E-state index is 12.7. The van der Waals surface area contributed by atoms with Crippen molar-refractivity contribution in [1.82, 2.24) is 14.8 Å². The summed E-state index contributed by atoms with van der Waals surface area (Å²) in [4.78, 5) is 11.7. The van der Waals surface area contributed by atoms with Crippen LogP contribution in [-0.4, -0.2) is 48.1 Å². The highest BCUT2D eigenvalue weighted by Crippen LogP contribution is 2.18. The van der Waals surface area contributed by atoms with E-state index in [0.717, 1.165) is 12.7 Å². The lowest BCUT2D eigenvalue weighted by atomic mass is 10.2. The Balaban J connectivity index is 2.48. The van der Waals surface area contributed by atoms with Gasteiger partial charge in [0.2, 0.25) is 9.84 Å². The molecule has 0 aliphatic carbocycles. The lowest BCUT2D eigenvalue weighted by Gasteiger charge is -2.13. The number of carbonyl (C=O) groups excluding carboxylic acids is 1. The summed E-state index contributed by atoms with van der Waals surface area (Å²) in [5.41, 5.74) is 6.45. The van der Waals surface area contributed by atoms with E-state index in [9.17, 15) is 13.2 Å². The minimum atomic E-state index is -4.02. The zero-order valence-corrected chi connectivity index (χ0v) is 14.4. The average molecular weight is 352 g/mol. The molecule has 0 bridgehead atoms. The highest BCUT2D eigenvalue weighted by Gasteiger charge is 2.35. The van der Waals surface area contributed by atoms with Gasteiger partial charge in [-0.25, -0.2) is 8.42 Å². The SMILES string of the molecule is COC(=O)C(C)S(=O)(=O)c1nnc(CCN)n1Cc1ccccc1. The van der Waals surface area contributed by atoms with Gasteiger partial charge in [0.15, 0.2) is 5.25 Å². The largest absolute Gasteiger partial charge is 0.468 e. The highest BCUT2D eigenvalue weighted by atomic mass is 32.2. The van der Waals surface area contributed by atoms with Crippen molar-refractivity contribution < 1.29 is 17.9 Å². The number of benzene rings is 1. The number of carbonyl (C=O) groups is 1. The van der Waals surface area contributed by atoms with E-state index >= 15 is 0 Å². The second kappa shape index (κ2) is 7.54. The van der Waals surface area contributed by atoms with E-state index < -0.39 is 21.1 Å². The normalized spacial score (nSPS) is 12.8. The van der Waals surface area contributed by atoms with Gasteiger partial charge < -0.3 is 10.5 Å². The first-order valence-corrected chi connectivity index (χ1v) is 8.94. The summed E-state index contributed by atoms with van der Waals surface area (Å²) in [5.74, 6) is -0.387. The highest BCUT2D eigenvalue weighted by molar-refractivity contribution is 7.92. The number of hydrogen-bond donors (Lipinski definition) is 1. The Morgan fingerprint density at radius 2 is 1.96 bits per heavy atom. The Kier molecular flexibility index (Phi) is 5.68. The predicted molar refractivity (Wildman–Crippen MR) is 87.0 cm³/mol.